The molecular formula is C13H7Cl5. The van der Waals surface area contributed by atoms with E-state index < -0.39 is 0 Å². The standard InChI is InChI=1S/C13H7Cl5/c14-6-7-1-2-8(15)3-10(7)13-11(17)4-9(16)5-12(13)18/h1-5H,6H2. The topological polar surface area (TPSA) is 0 Å². The lowest BCUT2D eigenvalue weighted by Crippen LogP contribution is -1.89. The molecule has 0 bridgehead atoms. The van der Waals surface area contributed by atoms with Crippen LogP contribution >= 0.6 is 58.0 Å². The molecule has 0 aliphatic heterocycles. The minimum Gasteiger partial charge on any atom is -0.122 e. The molecule has 0 atom stereocenters. The third-order valence-electron chi connectivity index (χ3n) is 2.49. The van der Waals surface area contributed by atoms with Crippen LogP contribution in [0.5, 0.6) is 0 Å². The maximum absolute atomic E-state index is 6.20. The van der Waals surface area contributed by atoms with Crippen LogP contribution in [0.15, 0.2) is 30.3 Å². The van der Waals surface area contributed by atoms with Gasteiger partial charge in [-0.25, -0.2) is 0 Å². The van der Waals surface area contributed by atoms with Crippen LogP contribution in [0.25, 0.3) is 11.1 Å². The molecule has 0 saturated heterocycles. The van der Waals surface area contributed by atoms with Gasteiger partial charge in [-0.3, -0.25) is 0 Å². The Labute approximate surface area is 130 Å². The van der Waals surface area contributed by atoms with Gasteiger partial charge >= 0.3 is 0 Å². The first kappa shape index (κ1) is 14.3. The highest BCUT2D eigenvalue weighted by atomic mass is 35.5. The highest BCUT2D eigenvalue weighted by Gasteiger charge is 2.14. The lowest BCUT2D eigenvalue weighted by atomic mass is 10.0. The zero-order valence-electron chi connectivity index (χ0n) is 8.98. The fourth-order valence-electron chi connectivity index (χ4n) is 1.70. The molecule has 0 aromatic heterocycles. The SMILES string of the molecule is ClCc1ccc(Cl)cc1-c1c(Cl)cc(Cl)cc1Cl. The molecule has 2 rings (SSSR count). The van der Waals surface area contributed by atoms with Gasteiger partial charge < -0.3 is 0 Å². The molecule has 0 N–H and O–H groups in total. The second kappa shape index (κ2) is 5.90. The summed E-state index contributed by atoms with van der Waals surface area (Å²) in [6, 6.07) is 8.71. The van der Waals surface area contributed by atoms with Crippen LogP contribution in [-0.4, -0.2) is 0 Å². The maximum Gasteiger partial charge on any atom is 0.0514 e. The third kappa shape index (κ3) is 2.89. The van der Waals surface area contributed by atoms with Gasteiger partial charge in [0.15, 0.2) is 0 Å². The van der Waals surface area contributed by atoms with Gasteiger partial charge in [-0.15, -0.1) is 11.6 Å². The van der Waals surface area contributed by atoms with Crippen molar-refractivity contribution in [1.29, 1.82) is 0 Å². The van der Waals surface area contributed by atoms with E-state index in [2.05, 4.69) is 0 Å². The molecule has 0 aliphatic carbocycles. The van der Waals surface area contributed by atoms with Crippen molar-refractivity contribution in [3.8, 4) is 11.1 Å². The van der Waals surface area contributed by atoms with Gasteiger partial charge in [0.25, 0.3) is 0 Å². The highest BCUT2D eigenvalue weighted by Crippen LogP contribution is 2.40. The molecule has 0 aliphatic rings. The van der Waals surface area contributed by atoms with Crippen LogP contribution in [-0.2, 0) is 5.88 Å². The van der Waals surface area contributed by atoms with Crippen molar-refractivity contribution in [1.82, 2.24) is 0 Å². The maximum atomic E-state index is 6.20. The molecule has 0 heterocycles. The van der Waals surface area contributed by atoms with Gasteiger partial charge in [0.05, 0.1) is 10.0 Å². The smallest absolute Gasteiger partial charge is 0.0514 e. The average Bonchev–Trinajstić information content (AvgIpc) is 2.28. The number of halogens is 5. The Morgan fingerprint density at radius 2 is 1.39 bits per heavy atom. The third-order valence-corrected chi connectivity index (χ3v) is 3.83. The van der Waals surface area contributed by atoms with Crippen molar-refractivity contribution in [3.63, 3.8) is 0 Å². The van der Waals surface area contributed by atoms with E-state index in [-0.39, 0.29) is 0 Å². The molecule has 0 saturated carbocycles. The zero-order valence-corrected chi connectivity index (χ0v) is 12.8. The average molecular weight is 340 g/mol. The Morgan fingerprint density at radius 3 is 1.94 bits per heavy atom. The van der Waals surface area contributed by atoms with Crippen LogP contribution in [0, 0.1) is 0 Å². The van der Waals surface area contributed by atoms with E-state index in [1.807, 2.05) is 6.07 Å². The first-order chi connectivity index (χ1) is 8.52. The van der Waals surface area contributed by atoms with E-state index in [4.69, 9.17) is 58.0 Å². The molecule has 2 aromatic rings. The molecule has 0 fully saturated rings. The number of hydrogen-bond donors (Lipinski definition) is 0. The molecule has 2 aromatic carbocycles. The van der Waals surface area contributed by atoms with E-state index in [0.29, 0.717) is 31.5 Å². The van der Waals surface area contributed by atoms with Crippen LogP contribution in [0.1, 0.15) is 5.56 Å². The van der Waals surface area contributed by atoms with Crippen molar-refractivity contribution in [2.75, 3.05) is 0 Å². The summed E-state index contributed by atoms with van der Waals surface area (Å²) in [7, 11) is 0. The van der Waals surface area contributed by atoms with E-state index >= 15 is 0 Å². The minimum absolute atomic E-state index is 0.349. The molecule has 5 heteroatoms. The predicted octanol–water partition coefficient (Wildman–Crippen LogP) is 6.71. The number of rotatable bonds is 2. The summed E-state index contributed by atoms with van der Waals surface area (Å²) >= 11 is 30.2. The number of alkyl halides is 1. The molecular weight excluding hydrogens is 333 g/mol. The zero-order chi connectivity index (χ0) is 13.3. The van der Waals surface area contributed by atoms with Gasteiger partial charge in [0.1, 0.15) is 0 Å². The molecule has 0 nitrogen and oxygen atoms in total. The van der Waals surface area contributed by atoms with Crippen LogP contribution in [0.3, 0.4) is 0 Å². The Balaban J connectivity index is 2.72. The lowest BCUT2D eigenvalue weighted by molar-refractivity contribution is 1.40. The second-order valence-electron chi connectivity index (χ2n) is 3.68. The van der Waals surface area contributed by atoms with Gasteiger partial charge in [-0.2, -0.15) is 0 Å². The van der Waals surface area contributed by atoms with Gasteiger partial charge in [0.2, 0.25) is 0 Å². The summed E-state index contributed by atoms with van der Waals surface area (Å²) < 4.78 is 0. The number of hydrogen-bond acceptors (Lipinski definition) is 0. The molecule has 0 amide bonds. The van der Waals surface area contributed by atoms with Crippen molar-refractivity contribution in [3.05, 3.63) is 56.0 Å². The minimum atomic E-state index is 0.349. The van der Waals surface area contributed by atoms with E-state index in [1.54, 1.807) is 24.3 Å². The van der Waals surface area contributed by atoms with Gasteiger partial charge in [0, 0.05) is 21.5 Å². The Kier molecular flexibility index (Phi) is 4.69. The van der Waals surface area contributed by atoms with Crippen molar-refractivity contribution in [2.45, 2.75) is 5.88 Å². The van der Waals surface area contributed by atoms with Crippen LogP contribution in [0.2, 0.25) is 20.1 Å². The second-order valence-corrected chi connectivity index (χ2v) is 5.63. The lowest BCUT2D eigenvalue weighted by Gasteiger charge is -2.12. The molecule has 94 valence electrons. The summed E-state index contributed by atoms with van der Waals surface area (Å²) in [4.78, 5) is 0. The molecule has 0 unspecified atom stereocenters. The van der Waals surface area contributed by atoms with Crippen LogP contribution in [0.4, 0.5) is 0 Å². The molecule has 18 heavy (non-hydrogen) atoms. The van der Waals surface area contributed by atoms with E-state index in [9.17, 15) is 0 Å². The van der Waals surface area contributed by atoms with Crippen LogP contribution < -0.4 is 0 Å². The fourth-order valence-corrected chi connectivity index (χ4v) is 3.12. The summed E-state index contributed by atoms with van der Waals surface area (Å²) in [6.45, 7) is 0. The van der Waals surface area contributed by atoms with Crippen molar-refractivity contribution < 1.29 is 0 Å². The van der Waals surface area contributed by atoms with Gasteiger partial charge in [-0.05, 0) is 35.4 Å². The Hall–Kier alpha value is -0.110. The Morgan fingerprint density at radius 1 is 0.778 bits per heavy atom. The monoisotopic (exact) mass is 338 g/mol. The number of benzene rings is 2. The largest absolute Gasteiger partial charge is 0.122 e. The normalized spacial score (nSPS) is 10.7. The molecule has 0 spiro atoms. The van der Waals surface area contributed by atoms with Gasteiger partial charge in [-0.1, -0.05) is 52.5 Å². The first-order valence-corrected chi connectivity index (χ1v) is 7.07. The fraction of sp³-hybridized carbons (Fsp3) is 0.0769. The quantitative estimate of drug-likeness (QED) is 0.533. The van der Waals surface area contributed by atoms with Crippen molar-refractivity contribution in [2.24, 2.45) is 0 Å². The summed E-state index contributed by atoms with van der Waals surface area (Å²) in [5.41, 5.74) is 2.43. The summed E-state index contributed by atoms with van der Waals surface area (Å²) in [6.07, 6.45) is 0. The van der Waals surface area contributed by atoms with E-state index in [1.165, 1.54) is 0 Å². The summed E-state index contributed by atoms with van der Waals surface area (Å²) in [5, 5.41) is 2.03. The molecule has 0 radical (unpaired) electrons. The van der Waals surface area contributed by atoms with E-state index in [0.717, 1.165) is 11.1 Å². The first-order valence-electron chi connectivity index (χ1n) is 5.02. The Bertz CT molecular complexity index is 569. The predicted molar refractivity (Wildman–Crippen MR) is 81.5 cm³/mol. The summed E-state index contributed by atoms with van der Waals surface area (Å²) in [5.74, 6) is 0.349. The highest BCUT2D eigenvalue weighted by molar-refractivity contribution is 6.42. The van der Waals surface area contributed by atoms with Crippen molar-refractivity contribution >= 4 is 58.0 Å².